The molecule has 0 spiro atoms. The first-order valence-corrected chi connectivity index (χ1v) is 12.2. The van der Waals surface area contributed by atoms with Gasteiger partial charge in [0.25, 0.3) is 0 Å². The molecule has 0 aromatic heterocycles. The Bertz CT molecular complexity index is 1110. The zero-order valence-electron chi connectivity index (χ0n) is 16.4. The maximum Gasteiger partial charge on any atom is 0.416 e. The number of benzene rings is 2. The van der Waals surface area contributed by atoms with Crippen molar-refractivity contribution >= 4 is 56.4 Å². The van der Waals surface area contributed by atoms with Crippen molar-refractivity contribution in [1.29, 1.82) is 0 Å². The lowest BCUT2D eigenvalue weighted by Gasteiger charge is -2.31. The first-order valence-electron chi connectivity index (χ1n) is 9.47. The molecule has 174 valence electrons. The number of carbonyl (C=O) groups excluding carboxylic acids is 1. The van der Waals surface area contributed by atoms with Gasteiger partial charge in [-0.1, -0.05) is 40.9 Å². The predicted molar refractivity (Wildman–Crippen MR) is 118 cm³/mol. The van der Waals surface area contributed by atoms with Gasteiger partial charge < -0.3 is 5.32 Å². The smallest absolute Gasteiger partial charge is 0.324 e. The number of anilines is 1. The van der Waals surface area contributed by atoms with Crippen molar-refractivity contribution in [2.45, 2.75) is 24.8 Å². The Balaban J connectivity index is 1.74. The Morgan fingerprint density at radius 3 is 2.38 bits per heavy atom. The first kappa shape index (κ1) is 25.1. The summed E-state index contributed by atoms with van der Waals surface area (Å²) >= 11 is 18.1. The van der Waals surface area contributed by atoms with E-state index >= 15 is 0 Å². The van der Waals surface area contributed by atoms with E-state index in [9.17, 15) is 26.4 Å². The summed E-state index contributed by atoms with van der Waals surface area (Å²) in [5.74, 6) is -1.80. The van der Waals surface area contributed by atoms with Crippen LogP contribution in [-0.2, 0) is 26.7 Å². The van der Waals surface area contributed by atoms with Crippen molar-refractivity contribution in [2.24, 2.45) is 5.92 Å². The second-order valence-corrected chi connectivity index (χ2v) is 10.5. The molecule has 5 nitrogen and oxygen atoms in total. The Morgan fingerprint density at radius 2 is 1.75 bits per heavy atom. The number of nitrogens with zero attached hydrogens (tertiary/aromatic N) is 1. The molecule has 1 aliphatic heterocycles. The van der Waals surface area contributed by atoms with Gasteiger partial charge in [0.05, 0.1) is 27.9 Å². The first-order chi connectivity index (χ1) is 14.9. The van der Waals surface area contributed by atoms with Crippen molar-refractivity contribution < 1.29 is 26.4 Å². The van der Waals surface area contributed by atoms with Crippen molar-refractivity contribution in [3.05, 3.63) is 62.6 Å². The summed E-state index contributed by atoms with van der Waals surface area (Å²) in [5.41, 5.74) is -0.880. The Kier molecular flexibility index (Phi) is 7.66. The Morgan fingerprint density at radius 1 is 1.09 bits per heavy atom. The molecule has 2 aromatic rings. The maximum absolute atomic E-state index is 13.0. The maximum atomic E-state index is 13.0. The average Bonchev–Trinajstić information content (AvgIpc) is 2.71. The molecule has 0 aliphatic carbocycles. The van der Waals surface area contributed by atoms with Crippen molar-refractivity contribution in [1.82, 2.24) is 4.31 Å². The summed E-state index contributed by atoms with van der Waals surface area (Å²) in [6, 6.07) is 7.27. The number of alkyl halides is 3. The van der Waals surface area contributed by atoms with Crippen LogP contribution in [0, 0.1) is 5.92 Å². The topological polar surface area (TPSA) is 66.5 Å². The monoisotopic (exact) mass is 528 g/mol. The van der Waals surface area contributed by atoms with Gasteiger partial charge in [0.1, 0.15) is 0 Å². The Hall–Kier alpha value is -1.52. The van der Waals surface area contributed by atoms with Crippen molar-refractivity contribution in [3.63, 3.8) is 0 Å². The molecule has 32 heavy (non-hydrogen) atoms. The molecule has 3 rings (SSSR count). The van der Waals surface area contributed by atoms with Gasteiger partial charge in [-0.05, 0) is 43.2 Å². The summed E-state index contributed by atoms with van der Waals surface area (Å²) in [4.78, 5) is 12.7. The van der Waals surface area contributed by atoms with E-state index in [1.807, 2.05) is 0 Å². The van der Waals surface area contributed by atoms with E-state index in [1.165, 1.54) is 16.4 Å². The minimum absolute atomic E-state index is 0.0556. The second kappa shape index (κ2) is 9.77. The molecule has 1 N–H and O–H groups in total. The van der Waals surface area contributed by atoms with Crippen LogP contribution in [0.25, 0.3) is 0 Å². The molecule has 1 heterocycles. The number of nitrogens with one attached hydrogen (secondary N) is 1. The number of halogens is 6. The highest BCUT2D eigenvalue weighted by Gasteiger charge is 2.34. The fourth-order valence-corrected chi connectivity index (χ4v) is 5.91. The van der Waals surface area contributed by atoms with Gasteiger partial charge in [0, 0.05) is 28.7 Å². The standard InChI is InChI=1S/C20H18Cl3F3N2O3S/c21-15-4-1-5-16(22)14(15)11-32(30,31)28-8-2-3-12(10-28)19(29)27-18-9-13(20(24,25)26)6-7-17(18)23/h1,4-7,9,12H,2-3,8,10-11H2,(H,27,29)/t12-/m1/s1. The van der Waals surface area contributed by atoms with E-state index in [0.717, 1.165) is 18.2 Å². The highest BCUT2D eigenvalue weighted by molar-refractivity contribution is 7.88. The second-order valence-electron chi connectivity index (χ2n) is 7.34. The van der Waals surface area contributed by atoms with E-state index in [2.05, 4.69) is 5.32 Å². The normalized spacial score (nSPS) is 17.9. The quantitative estimate of drug-likeness (QED) is 0.529. The minimum atomic E-state index is -4.60. The fourth-order valence-electron chi connectivity index (χ4n) is 3.39. The number of rotatable bonds is 5. The molecule has 12 heteroatoms. The highest BCUT2D eigenvalue weighted by Crippen LogP contribution is 2.34. The van der Waals surface area contributed by atoms with Crippen LogP contribution in [0.3, 0.4) is 0 Å². The lowest BCUT2D eigenvalue weighted by Crippen LogP contribution is -2.44. The third kappa shape index (κ3) is 5.88. The number of carbonyl (C=O) groups is 1. The molecule has 2 aromatic carbocycles. The van der Waals surface area contributed by atoms with E-state index in [-0.39, 0.29) is 39.4 Å². The molecule has 1 amide bonds. The van der Waals surface area contributed by atoms with Crippen LogP contribution in [0.5, 0.6) is 0 Å². The third-order valence-corrected chi connectivity index (χ3v) is 7.90. The molecule has 1 saturated heterocycles. The molecular weight excluding hydrogens is 512 g/mol. The van der Waals surface area contributed by atoms with Gasteiger partial charge in [-0.3, -0.25) is 4.79 Å². The SMILES string of the molecule is O=C(Nc1cc(C(F)(F)F)ccc1Cl)[C@@H]1CCCN(S(=O)(=O)Cc2c(Cl)cccc2Cl)C1. The van der Waals surface area contributed by atoms with Crippen molar-refractivity contribution in [2.75, 3.05) is 18.4 Å². The predicted octanol–water partition coefficient (Wildman–Crippen LogP) is 5.85. The van der Waals surface area contributed by atoms with Gasteiger partial charge in [0.2, 0.25) is 15.9 Å². The van der Waals surface area contributed by atoms with Crippen molar-refractivity contribution in [3.8, 4) is 0 Å². The molecule has 1 fully saturated rings. The highest BCUT2D eigenvalue weighted by atomic mass is 35.5. The molecule has 0 radical (unpaired) electrons. The van der Waals surface area contributed by atoms with E-state index in [0.29, 0.717) is 12.8 Å². The summed E-state index contributed by atoms with van der Waals surface area (Å²) in [7, 11) is -3.85. The van der Waals surface area contributed by atoms with Crippen LogP contribution in [0.4, 0.5) is 18.9 Å². The van der Waals surface area contributed by atoms with Gasteiger partial charge in [-0.2, -0.15) is 13.2 Å². The van der Waals surface area contributed by atoms with E-state index in [4.69, 9.17) is 34.8 Å². The molecule has 0 bridgehead atoms. The zero-order chi connectivity index (χ0) is 23.7. The Labute approximate surface area is 198 Å². The average molecular weight is 530 g/mol. The van der Waals surface area contributed by atoms with E-state index < -0.39 is 39.3 Å². The molecular formula is C20H18Cl3F3N2O3S. The van der Waals surface area contributed by atoms with Gasteiger partial charge in [0.15, 0.2) is 0 Å². The summed E-state index contributed by atoms with van der Waals surface area (Å²) < 4.78 is 65.9. The molecule has 1 aliphatic rings. The minimum Gasteiger partial charge on any atom is -0.324 e. The lowest BCUT2D eigenvalue weighted by molar-refractivity contribution is -0.137. The largest absolute Gasteiger partial charge is 0.416 e. The van der Waals surface area contributed by atoms with Gasteiger partial charge >= 0.3 is 6.18 Å². The fraction of sp³-hybridized carbons (Fsp3) is 0.350. The summed E-state index contributed by atoms with van der Waals surface area (Å²) in [5, 5.41) is 2.77. The zero-order valence-corrected chi connectivity index (χ0v) is 19.5. The van der Waals surface area contributed by atoms with Gasteiger partial charge in [-0.25, -0.2) is 12.7 Å². The number of hydrogen-bond acceptors (Lipinski definition) is 3. The molecule has 0 unspecified atom stereocenters. The number of sulfonamides is 1. The van der Waals surface area contributed by atoms with Gasteiger partial charge in [-0.15, -0.1) is 0 Å². The lowest BCUT2D eigenvalue weighted by atomic mass is 9.98. The van der Waals surface area contributed by atoms with Crippen LogP contribution in [0.15, 0.2) is 36.4 Å². The molecule has 1 atom stereocenters. The van der Waals surface area contributed by atoms with Crippen LogP contribution in [0.2, 0.25) is 15.1 Å². The number of piperidine rings is 1. The third-order valence-electron chi connectivity index (χ3n) is 5.09. The van der Waals surface area contributed by atoms with Crippen LogP contribution in [-0.4, -0.2) is 31.7 Å². The number of amides is 1. The van der Waals surface area contributed by atoms with Crippen LogP contribution < -0.4 is 5.32 Å². The summed E-state index contributed by atoms with van der Waals surface area (Å²) in [6.45, 7) is 0.0886. The van der Waals surface area contributed by atoms with Crippen LogP contribution >= 0.6 is 34.8 Å². The van der Waals surface area contributed by atoms with Crippen LogP contribution in [0.1, 0.15) is 24.0 Å². The molecule has 0 saturated carbocycles. The summed E-state index contributed by atoms with van der Waals surface area (Å²) in [6.07, 6.45) is -3.81. The number of hydrogen-bond donors (Lipinski definition) is 1. The van der Waals surface area contributed by atoms with E-state index in [1.54, 1.807) is 6.07 Å².